The van der Waals surface area contributed by atoms with E-state index < -0.39 is 6.10 Å². The van der Waals surface area contributed by atoms with Crippen molar-refractivity contribution in [2.75, 3.05) is 26.9 Å². The smallest absolute Gasteiger partial charge is 0.123 e. The van der Waals surface area contributed by atoms with Gasteiger partial charge >= 0.3 is 0 Å². The summed E-state index contributed by atoms with van der Waals surface area (Å²) in [6, 6.07) is 7.93. The highest BCUT2D eigenvalue weighted by atomic mass is 79.9. The van der Waals surface area contributed by atoms with Crippen molar-refractivity contribution in [2.24, 2.45) is 0 Å². The second-order valence-corrected chi connectivity index (χ2v) is 6.75. The van der Waals surface area contributed by atoms with Crippen molar-refractivity contribution in [1.82, 2.24) is 14.7 Å². The molecule has 0 amide bonds. The van der Waals surface area contributed by atoms with Gasteiger partial charge in [0.1, 0.15) is 6.10 Å². The molecule has 6 heteroatoms. The first-order valence-electron chi connectivity index (χ1n) is 6.71. The third-order valence-corrected chi connectivity index (χ3v) is 4.71. The predicted octanol–water partition coefficient (Wildman–Crippen LogP) is 3.01. The third-order valence-electron chi connectivity index (χ3n) is 3.28. The highest BCUT2D eigenvalue weighted by molar-refractivity contribution is 9.10. The molecule has 2 rings (SSSR count). The Balaban J connectivity index is 2.34. The number of benzene rings is 1. The molecular weight excluding hydrogens is 350 g/mol. The number of thioether (sulfide) groups is 1. The lowest BCUT2D eigenvalue weighted by Crippen LogP contribution is -2.21. The van der Waals surface area contributed by atoms with Crippen molar-refractivity contribution in [3.8, 4) is 0 Å². The molecule has 1 N–H and O–H groups in total. The second-order valence-electron chi connectivity index (χ2n) is 5.05. The molecule has 0 aliphatic rings. The maximum absolute atomic E-state index is 10.8. The molecule has 1 atom stereocenters. The summed E-state index contributed by atoms with van der Waals surface area (Å²) in [5.74, 6) is 0. The highest BCUT2D eigenvalue weighted by Crippen LogP contribution is 2.33. The maximum atomic E-state index is 10.8. The lowest BCUT2D eigenvalue weighted by atomic mass is 10.1. The zero-order valence-corrected chi connectivity index (χ0v) is 14.9. The molecule has 1 heterocycles. The Labute approximate surface area is 138 Å². The van der Waals surface area contributed by atoms with Crippen molar-refractivity contribution < 1.29 is 5.11 Å². The normalized spacial score (nSPS) is 12.9. The summed E-state index contributed by atoms with van der Waals surface area (Å²) in [5.41, 5.74) is 1.72. The number of likely N-dealkylation sites (N-methyl/N-ethyl adjacent to an activating group) is 1. The molecule has 21 heavy (non-hydrogen) atoms. The fourth-order valence-corrected chi connectivity index (χ4v) is 3.30. The summed E-state index contributed by atoms with van der Waals surface area (Å²) >= 11 is 5.14. The van der Waals surface area contributed by atoms with E-state index in [-0.39, 0.29) is 0 Å². The number of rotatable bonds is 6. The van der Waals surface area contributed by atoms with Crippen molar-refractivity contribution in [3.05, 3.63) is 46.2 Å². The van der Waals surface area contributed by atoms with Gasteiger partial charge in [-0.3, -0.25) is 4.68 Å². The topological polar surface area (TPSA) is 41.3 Å². The zero-order chi connectivity index (χ0) is 15.4. The van der Waals surface area contributed by atoms with Gasteiger partial charge in [0.15, 0.2) is 0 Å². The van der Waals surface area contributed by atoms with E-state index in [1.165, 1.54) is 0 Å². The summed E-state index contributed by atoms with van der Waals surface area (Å²) in [4.78, 5) is 3.18. The van der Waals surface area contributed by atoms with Gasteiger partial charge in [0.05, 0.1) is 22.9 Å². The lowest BCUT2D eigenvalue weighted by molar-refractivity contribution is 0.202. The van der Waals surface area contributed by atoms with Crippen LogP contribution in [0.15, 0.2) is 39.8 Å². The maximum Gasteiger partial charge on any atom is 0.123 e. The van der Waals surface area contributed by atoms with E-state index in [1.54, 1.807) is 18.0 Å². The molecule has 1 aromatic heterocycles. The van der Waals surface area contributed by atoms with Crippen molar-refractivity contribution in [3.63, 3.8) is 0 Å². The van der Waals surface area contributed by atoms with E-state index in [4.69, 9.17) is 0 Å². The Kier molecular flexibility index (Phi) is 5.87. The molecule has 0 aliphatic carbocycles. The fourth-order valence-electron chi connectivity index (χ4n) is 2.16. The van der Waals surface area contributed by atoms with Crippen LogP contribution in [0.3, 0.4) is 0 Å². The minimum Gasteiger partial charge on any atom is -0.382 e. The first-order chi connectivity index (χ1) is 10.0. The first kappa shape index (κ1) is 16.5. The Hall–Kier alpha value is -0.820. The van der Waals surface area contributed by atoms with E-state index in [2.05, 4.69) is 25.9 Å². The van der Waals surface area contributed by atoms with E-state index >= 15 is 0 Å². The summed E-state index contributed by atoms with van der Waals surface area (Å²) in [6.45, 7) is 1.62. The van der Waals surface area contributed by atoms with Gasteiger partial charge in [-0.1, -0.05) is 18.2 Å². The zero-order valence-electron chi connectivity index (χ0n) is 12.5. The van der Waals surface area contributed by atoms with Gasteiger partial charge in [-0.15, -0.1) is 11.8 Å². The lowest BCUT2D eigenvalue weighted by Gasteiger charge is -2.18. The molecule has 0 saturated carbocycles. The molecule has 114 valence electrons. The Morgan fingerprint density at radius 3 is 2.76 bits per heavy atom. The summed E-state index contributed by atoms with van der Waals surface area (Å²) in [7, 11) is 4.05. The Bertz CT molecular complexity index is 600. The van der Waals surface area contributed by atoms with Gasteiger partial charge in [-0.05, 0) is 42.3 Å². The van der Waals surface area contributed by atoms with Crippen molar-refractivity contribution in [2.45, 2.75) is 17.5 Å². The van der Waals surface area contributed by atoms with E-state index in [9.17, 15) is 5.11 Å². The molecule has 1 unspecified atom stereocenters. The molecule has 4 nitrogen and oxygen atoms in total. The van der Waals surface area contributed by atoms with Crippen molar-refractivity contribution in [1.29, 1.82) is 0 Å². The number of nitrogens with zero attached hydrogens (tertiary/aromatic N) is 3. The van der Waals surface area contributed by atoms with Crippen LogP contribution in [0.1, 0.15) is 17.4 Å². The summed E-state index contributed by atoms with van der Waals surface area (Å²) < 4.78 is 2.70. The average molecular weight is 370 g/mol. The van der Waals surface area contributed by atoms with E-state index in [0.717, 1.165) is 33.7 Å². The second kappa shape index (κ2) is 7.45. The van der Waals surface area contributed by atoms with Gasteiger partial charge in [-0.2, -0.15) is 5.10 Å². The average Bonchev–Trinajstić information content (AvgIpc) is 2.85. The number of aliphatic hydroxyl groups is 1. The molecule has 0 fully saturated rings. The van der Waals surface area contributed by atoms with Crippen LogP contribution in [0.4, 0.5) is 0 Å². The molecule has 0 saturated heterocycles. The number of aromatic nitrogens is 2. The number of aliphatic hydroxyl groups excluding tert-OH is 1. The summed E-state index contributed by atoms with van der Waals surface area (Å²) in [5, 5.41) is 15.2. The Morgan fingerprint density at radius 2 is 2.10 bits per heavy atom. The van der Waals surface area contributed by atoms with Crippen LogP contribution < -0.4 is 0 Å². The van der Waals surface area contributed by atoms with Gasteiger partial charge < -0.3 is 10.0 Å². The van der Waals surface area contributed by atoms with Crippen LogP contribution in [0, 0.1) is 0 Å². The molecule has 0 radical (unpaired) electrons. The standard InChI is InChI=1S/C15H20BrN3OS/c1-18(2)8-9-19-14(12(16)10-17-19)15(20)11-6-4-5-7-13(11)21-3/h4-7,10,15,20H,8-9H2,1-3H3. The Morgan fingerprint density at radius 1 is 1.38 bits per heavy atom. The van der Waals surface area contributed by atoms with E-state index in [1.807, 2.05) is 49.3 Å². The quantitative estimate of drug-likeness (QED) is 0.794. The van der Waals surface area contributed by atoms with Crippen LogP contribution in [0.2, 0.25) is 0 Å². The monoisotopic (exact) mass is 369 g/mol. The minimum absolute atomic E-state index is 0.687. The molecule has 0 aliphatic heterocycles. The molecule has 1 aromatic carbocycles. The molecule has 2 aromatic rings. The molecule has 0 bridgehead atoms. The van der Waals surface area contributed by atoms with Gasteiger partial charge in [-0.25, -0.2) is 0 Å². The van der Waals surface area contributed by atoms with Crippen LogP contribution in [0.5, 0.6) is 0 Å². The molecular formula is C15H20BrN3OS. The highest BCUT2D eigenvalue weighted by Gasteiger charge is 2.21. The van der Waals surface area contributed by atoms with Crippen molar-refractivity contribution >= 4 is 27.7 Å². The van der Waals surface area contributed by atoms with Crippen LogP contribution in [-0.4, -0.2) is 46.7 Å². The predicted molar refractivity (Wildman–Crippen MR) is 90.8 cm³/mol. The van der Waals surface area contributed by atoms with E-state index in [0.29, 0.717) is 0 Å². The number of hydrogen-bond acceptors (Lipinski definition) is 4. The fraction of sp³-hybridized carbons (Fsp3) is 0.400. The minimum atomic E-state index is -0.687. The van der Waals surface area contributed by atoms with Crippen LogP contribution >= 0.6 is 27.7 Å². The number of hydrogen-bond donors (Lipinski definition) is 1. The van der Waals surface area contributed by atoms with Crippen LogP contribution in [0.25, 0.3) is 0 Å². The SMILES string of the molecule is CSc1ccccc1C(O)c1c(Br)cnn1CCN(C)C. The van der Waals surface area contributed by atoms with Gasteiger partial charge in [0, 0.05) is 17.0 Å². The summed E-state index contributed by atoms with van der Waals surface area (Å²) in [6.07, 6.45) is 3.08. The number of halogens is 1. The molecule has 0 spiro atoms. The first-order valence-corrected chi connectivity index (χ1v) is 8.73. The van der Waals surface area contributed by atoms with Gasteiger partial charge in [0.25, 0.3) is 0 Å². The van der Waals surface area contributed by atoms with Crippen LogP contribution in [-0.2, 0) is 6.54 Å². The third kappa shape index (κ3) is 3.88. The van der Waals surface area contributed by atoms with Gasteiger partial charge in [0.2, 0.25) is 0 Å². The largest absolute Gasteiger partial charge is 0.382 e.